The molecule has 1 saturated heterocycles. The molecule has 2 heterocycles. The predicted molar refractivity (Wildman–Crippen MR) is 104 cm³/mol. The number of halogens is 1. The number of hydrogen-bond acceptors (Lipinski definition) is 5. The molecular weight excluding hydrogens is 367 g/mol. The van der Waals surface area contributed by atoms with E-state index in [1.165, 1.54) is 41.4 Å². The molecule has 0 unspecified atom stereocenters. The first-order valence-corrected chi connectivity index (χ1v) is 9.50. The van der Waals surface area contributed by atoms with Crippen molar-refractivity contribution in [3.05, 3.63) is 47.2 Å². The number of piperazine rings is 1. The van der Waals surface area contributed by atoms with Crippen LogP contribution in [0.3, 0.4) is 0 Å². The number of para-hydroxylation sites is 1. The van der Waals surface area contributed by atoms with Gasteiger partial charge in [0.05, 0.1) is 11.4 Å². The van der Waals surface area contributed by atoms with Gasteiger partial charge in [0, 0.05) is 44.6 Å². The van der Waals surface area contributed by atoms with Crippen molar-refractivity contribution in [2.75, 3.05) is 38.1 Å². The van der Waals surface area contributed by atoms with Crippen molar-refractivity contribution >= 4 is 40.0 Å². The van der Waals surface area contributed by atoms with E-state index in [0.717, 1.165) is 13.1 Å². The molecule has 0 atom stereocenters. The van der Waals surface area contributed by atoms with E-state index in [-0.39, 0.29) is 17.5 Å². The fraction of sp³-hybridized carbons (Fsp3) is 0.316. The molecule has 1 aliphatic heterocycles. The summed E-state index contributed by atoms with van der Waals surface area (Å²) < 4.78 is 14.1. The minimum absolute atomic E-state index is 0.0600. The topological polar surface area (TPSA) is 56.8 Å². The van der Waals surface area contributed by atoms with Gasteiger partial charge in [0.1, 0.15) is 5.82 Å². The van der Waals surface area contributed by atoms with E-state index in [4.69, 9.17) is 0 Å². The highest BCUT2D eigenvalue weighted by molar-refractivity contribution is 7.14. The first kappa shape index (κ1) is 19.2. The van der Waals surface area contributed by atoms with Crippen molar-refractivity contribution in [2.24, 2.45) is 0 Å². The molecule has 1 aromatic carbocycles. The normalized spacial score (nSPS) is 15.3. The summed E-state index contributed by atoms with van der Waals surface area (Å²) >= 11 is 1.22. The molecule has 0 N–H and O–H groups in total. The Labute approximate surface area is 161 Å². The van der Waals surface area contributed by atoms with Crippen molar-refractivity contribution in [3.8, 4) is 0 Å². The highest BCUT2D eigenvalue weighted by Gasteiger charge is 2.21. The van der Waals surface area contributed by atoms with Crippen LogP contribution in [0.2, 0.25) is 0 Å². The zero-order valence-electron chi connectivity index (χ0n) is 15.3. The quantitative estimate of drug-likeness (QED) is 0.756. The van der Waals surface area contributed by atoms with Gasteiger partial charge in [-0.3, -0.25) is 14.5 Å². The highest BCUT2D eigenvalue weighted by Crippen LogP contribution is 2.30. The Kier molecular flexibility index (Phi) is 5.98. The lowest BCUT2D eigenvalue weighted by Gasteiger charge is -2.31. The number of carbonyl (C=O) groups is 2. The first-order chi connectivity index (χ1) is 13.0. The molecular formula is C19H21FN4O2S. The summed E-state index contributed by atoms with van der Waals surface area (Å²) in [5.41, 5.74) is 0.712. The number of likely N-dealkylation sites (N-methyl/N-ethyl adjacent to an activating group) is 1. The van der Waals surface area contributed by atoms with Gasteiger partial charge in [-0.15, -0.1) is 11.3 Å². The molecule has 0 bridgehead atoms. The van der Waals surface area contributed by atoms with Crippen LogP contribution in [0.5, 0.6) is 0 Å². The van der Waals surface area contributed by atoms with E-state index >= 15 is 0 Å². The van der Waals surface area contributed by atoms with Crippen LogP contribution >= 0.6 is 11.3 Å². The third-order valence-corrected chi connectivity index (χ3v) is 5.17. The molecule has 2 aromatic rings. The Balaban J connectivity index is 1.74. The van der Waals surface area contributed by atoms with E-state index < -0.39 is 5.82 Å². The summed E-state index contributed by atoms with van der Waals surface area (Å²) in [6.45, 7) is 4.48. The number of benzene rings is 1. The van der Waals surface area contributed by atoms with Gasteiger partial charge < -0.3 is 9.80 Å². The average molecular weight is 388 g/mol. The maximum absolute atomic E-state index is 14.1. The maximum Gasteiger partial charge on any atom is 0.246 e. The Morgan fingerprint density at radius 2 is 1.93 bits per heavy atom. The van der Waals surface area contributed by atoms with Gasteiger partial charge in [-0.2, -0.15) is 0 Å². The molecule has 2 amide bonds. The van der Waals surface area contributed by atoms with E-state index in [9.17, 15) is 14.0 Å². The van der Waals surface area contributed by atoms with Crippen molar-refractivity contribution in [3.63, 3.8) is 0 Å². The Morgan fingerprint density at radius 3 is 2.59 bits per heavy atom. The molecule has 0 saturated carbocycles. The summed E-state index contributed by atoms with van der Waals surface area (Å²) in [6, 6.07) is 6.06. The Morgan fingerprint density at radius 1 is 1.22 bits per heavy atom. The minimum atomic E-state index is -0.495. The van der Waals surface area contributed by atoms with Crippen molar-refractivity contribution < 1.29 is 14.0 Å². The van der Waals surface area contributed by atoms with Crippen LogP contribution in [0.25, 0.3) is 6.08 Å². The zero-order valence-corrected chi connectivity index (χ0v) is 16.1. The van der Waals surface area contributed by atoms with E-state index in [2.05, 4.69) is 9.88 Å². The van der Waals surface area contributed by atoms with Crippen LogP contribution in [0.15, 0.2) is 35.7 Å². The number of aromatic nitrogens is 1. The first-order valence-electron chi connectivity index (χ1n) is 8.62. The summed E-state index contributed by atoms with van der Waals surface area (Å²) in [7, 11) is 2.03. The molecule has 1 aromatic heterocycles. The van der Waals surface area contributed by atoms with E-state index in [1.807, 2.05) is 7.05 Å². The van der Waals surface area contributed by atoms with Crippen LogP contribution in [-0.2, 0) is 9.59 Å². The molecule has 0 radical (unpaired) electrons. The molecule has 8 heteroatoms. The van der Waals surface area contributed by atoms with Crippen LogP contribution in [0.4, 0.5) is 15.2 Å². The lowest BCUT2D eigenvalue weighted by atomic mass is 10.3. The van der Waals surface area contributed by atoms with Gasteiger partial charge in [0.15, 0.2) is 5.13 Å². The standard InChI is InChI=1S/C19H21FN4O2S/c1-14(25)24(17-6-4-3-5-16(17)20)19-21-15(13-27-19)7-8-18(26)23-11-9-22(2)10-12-23/h3-8,13H,9-12H2,1-2H3. The van der Waals surface area contributed by atoms with Crippen LogP contribution in [0, 0.1) is 5.82 Å². The number of carbonyl (C=O) groups excluding carboxylic acids is 2. The molecule has 1 fully saturated rings. The summed E-state index contributed by atoms with van der Waals surface area (Å²) in [4.78, 5) is 33.9. The van der Waals surface area contributed by atoms with Crippen LogP contribution in [0.1, 0.15) is 12.6 Å². The Hall–Kier alpha value is -2.58. The summed E-state index contributed by atoms with van der Waals surface area (Å²) in [5, 5.41) is 2.10. The number of thiazole rings is 1. The second kappa shape index (κ2) is 8.41. The number of rotatable bonds is 4. The molecule has 6 nitrogen and oxygen atoms in total. The largest absolute Gasteiger partial charge is 0.337 e. The third-order valence-electron chi connectivity index (χ3n) is 4.32. The molecule has 142 valence electrons. The number of nitrogens with zero attached hydrogens (tertiary/aromatic N) is 4. The van der Waals surface area contributed by atoms with Gasteiger partial charge >= 0.3 is 0 Å². The average Bonchev–Trinajstić information content (AvgIpc) is 3.10. The smallest absolute Gasteiger partial charge is 0.246 e. The maximum atomic E-state index is 14.1. The second-order valence-corrected chi connectivity index (χ2v) is 7.16. The van der Waals surface area contributed by atoms with E-state index in [0.29, 0.717) is 23.9 Å². The highest BCUT2D eigenvalue weighted by atomic mass is 32.1. The number of amides is 2. The van der Waals surface area contributed by atoms with E-state index in [1.54, 1.807) is 28.5 Å². The van der Waals surface area contributed by atoms with Crippen molar-refractivity contribution in [2.45, 2.75) is 6.92 Å². The fourth-order valence-corrected chi connectivity index (χ4v) is 3.63. The monoisotopic (exact) mass is 388 g/mol. The molecule has 0 aliphatic carbocycles. The molecule has 1 aliphatic rings. The molecule has 27 heavy (non-hydrogen) atoms. The summed E-state index contributed by atoms with van der Waals surface area (Å²) in [5.74, 6) is -0.890. The van der Waals surface area contributed by atoms with Gasteiger partial charge in [-0.05, 0) is 25.3 Å². The lowest BCUT2D eigenvalue weighted by Crippen LogP contribution is -2.46. The van der Waals surface area contributed by atoms with Crippen LogP contribution < -0.4 is 4.90 Å². The van der Waals surface area contributed by atoms with Gasteiger partial charge in [-0.25, -0.2) is 9.37 Å². The fourth-order valence-electron chi connectivity index (χ4n) is 2.78. The van der Waals surface area contributed by atoms with Crippen LogP contribution in [-0.4, -0.2) is 59.8 Å². The SMILES string of the molecule is CC(=O)N(c1nc(C=CC(=O)N2CCN(C)CC2)cs1)c1ccccc1F. The minimum Gasteiger partial charge on any atom is -0.337 e. The lowest BCUT2D eigenvalue weighted by molar-refractivity contribution is -0.127. The predicted octanol–water partition coefficient (Wildman–Crippen LogP) is 2.75. The summed E-state index contributed by atoms with van der Waals surface area (Å²) in [6.07, 6.45) is 3.12. The number of anilines is 2. The van der Waals surface area contributed by atoms with Crippen molar-refractivity contribution in [1.29, 1.82) is 0 Å². The van der Waals surface area contributed by atoms with Crippen molar-refractivity contribution in [1.82, 2.24) is 14.8 Å². The Bertz CT molecular complexity index is 859. The molecule has 0 spiro atoms. The number of hydrogen-bond donors (Lipinski definition) is 0. The van der Waals surface area contributed by atoms with Gasteiger partial charge in [0.2, 0.25) is 11.8 Å². The second-order valence-electron chi connectivity index (χ2n) is 6.32. The third kappa shape index (κ3) is 4.58. The van der Waals surface area contributed by atoms with Gasteiger partial charge in [-0.1, -0.05) is 12.1 Å². The zero-order chi connectivity index (χ0) is 19.4. The molecule has 3 rings (SSSR count). The van der Waals surface area contributed by atoms with Gasteiger partial charge in [0.25, 0.3) is 0 Å².